The van der Waals surface area contributed by atoms with E-state index in [4.69, 9.17) is 0 Å². The van der Waals surface area contributed by atoms with Crippen LogP contribution < -0.4 is 5.32 Å². The van der Waals surface area contributed by atoms with Gasteiger partial charge >= 0.3 is 0 Å². The molecule has 0 saturated carbocycles. The average Bonchev–Trinajstić information content (AvgIpc) is 2.99. The molecule has 1 unspecified atom stereocenters. The topological polar surface area (TPSA) is 12.0 Å². The SMILES string of the molecule is Cc1ccc2c(c1)C(NCCC1=CCCC1)CC2. The van der Waals surface area contributed by atoms with Crippen molar-refractivity contribution in [2.75, 3.05) is 6.54 Å². The van der Waals surface area contributed by atoms with Gasteiger partial charge in [0.2, 0.25) is 0 Å². The number of nitrogens with one attached hydrogen (secondary N) is 1. The van der Waals surface area contributed by atoms with Crippen molar-refractivity contribution in [1.82, 2.24) is 5.32 Å². The first-order chi connectivity index (χ1) is 8.83. The van der Waals surface area contributed by atoms with Gasteiger partial charge in [0, 0.05) is 6.04 Å². The quantitative estimate of drug-likeness (QED) is 0.783. The van der Waals surface area contributed by atoms with E-state index in [2.05, 4.69) is 36.5 Å². The lowest BCUT2D eigenvalue weighted by Gasteiger charge is -2.14. The molecule has 18 heavy (non-hydrogen) atoms. The lowest BCUT2D eigenvalue weighted by atomic mass is 10.0. The monoisotopic (exact) mass is 241 g/mol. The van der Waals surface area contributed by atoms with Gasteiger partial charge in [-0.15, -0.1) is 0 Å². The van der Waals surface area contributed by atoms with Crippen LogP contribution in [0.4, 0.5) is 0 Å². The first-order valence-corrected chi connectivity index (χ1v) is 7.33. The fourth-order valence-corrected chi connectivity index (χ4v) is 3.31. The molecule has 0 spiro atoms. The van der Waals surface area contributed by atoms with E-state index < -0.39 is 0 Å². The van der Waals surface area contributed by atoms with Crippen LogP contribution in [0, 0.1) is 6.92 Å². The molecule has 3 rings (SSSR count). The normalized spacial score (nSPS) is 22.1. The summed E-state index contributed by atoms with van der Waals surface area (Å²) in [4.78, 5) is 0. The minimum Gasteiger partial charge on any atom is -0.310 e. The Morgan fingerprint density at radius 2 is 2.22 bits per heavy atom. The highest BCUT2D eigenvalue weighted by molar-refractivity contribution is 5.37. The van der Waals surface area contributed by atoms with Crippen LogP contribution in [0.3, 0.4) is 0 Å². The molecule has 2 aliphatic rings. The molecular formula is C17H23N. The van der Waals surface area contributed by atoms with Crippen molar-refractivity contribution in [2.45, 2.75) is 51.5 Å². The Hall–Kier alpha value is -1.08. The first kappa shape index (κ1) is 12.0. The third-order valence-electron chi connectivity index (χ3n) is 4.35. The Morgan fingerprint density at radius 3 is 3.06 bits per heavy atom. The third-order valence-corrected chi connectivity index (χ3v) is 4.35. The molecular weight excluding hydrogens is 218 g/mol. The number of benzene rings is 1. The maximum Gasteiger partial charge on any atom is 0.0326 e. The largest absolute Gasteiger partial charge is 0.310 e. The van der Waals surface area contributed by atoms with Crippen molar-refractivity contribution < 1.29 is 0 Å². The molecule has 1 heteroatoms. The smallest absolute Gasteiger partial charge is 0.0326 e. The minimum absolute atomic E-state index is 0.599. The summed E-state index contributed by atoms with van der Waals surface area (Å²) in [5.74, 6) is 0. The third kappa shape index (κ3) is 2.51. The summed E-state index contributed by atoms with van der Waals surface area (Å²) in [6, 6.07) is 7.52. The van der Waals surface area contributed by atoms with E-state index in [1.165, 1.54) is 44.1 Å². The van der Waals surface area contributed by atoms with Gasteiger partial charge in [-0.25, -0.2) is 0 Å². The summed E-state index contributed by atoms with van der Waals surface area (Å²) in [6.45, 7) is 3.34. The van der Waals surface area contributed by atoms with E-state index in [-0.39, 0.29) is 0 Å². The average molecular weight is 241 g/mol. The van der Waals surface area contributed by atoms with Gasteiger partial charge < -0.3 is 5.32 Å². The second kappa shape index (κ2) is 5.27. The van der Waals surface area contributed by atoms with Gasteiger partial charge in [-0.3, -0.25) is 0 Å². The Balaban J connectivity index is 1.57. The van der Waals surface area contributed by atoms with Crippen LogP contribution in [0.1, 0.15) is 54.8 Å². The molecule has 1 nitrogen and oxygen atoms in total. The van der Waals surface area contributed by atoms with Crippen LogP contribution >= 0.6 is 0 Å². The number of allylic oxidation sites excluding steroid dienone is 1. The van der Waals surface area contributed by atoms with E-state index in [0.29, 0.717) is 6.04 Å². The van der Waals surface area contributed by atoms with Crippen LogP contribution in [-0.4, -0.2) is 6.54 Å². The van der Waals surface area contributed by atoms with Crippen LogP contribution in [0.2, 0.25) is 0 Å². The van der Waals surface area contributed by atoms with E-state index in [9.17, 15) is 0 Å². The molecule has 0 amide bonds. The standard InChI is InChI=1S/C17H23N/c1-13-6-7-15-8-9-17(16(15)12-13)18-11-10-14-4-2-3-5-14/h4,6-7,12,17-18H,2-3,5,8-11H2,1H3. The van der Waals surface area contributed by atoms with Gasteiger partial charge in [-0.2, -0.15) is 0 Å². The summed E-state index contributed by atoms with van der Waals surface area (Å²) in [5.41, 5.74) is 6.17. The molecule has 0 saturated heterocycles. The van der Waals surface area contributed by atoms with Gasteiger partial charge in [0.1, 0.15) is 0 Å². The Bertz CT molecular complexity index is 459. The van der Waals surface area contributed by atoms with Gasteiger partial charge in [0.05, 0.1) is 0 Å². The molecule has 96 valence electrons. The van der Waals surface area contributed by atoms with Gasteiger partial charge in [-0.05, 0) is 63.1 Å². The molecule has 0 aromatic heterocycles. The lowest BCUT2D eigenvalue weighted by molar-refractivity contribution is 0.531. The second-order valence-electron chi connectivity index (χ2n) is 5.75. The molecule has 2 aliphatic carbocycles. The highest BCUT2D eigenvalue weighted by atomic mass is 14.9. The molecule has 1 aromatic rings. The summed E-state index contributed by atoms with van der Waals surface area (Å²) in [5, 5.41) is 3.75. The molecule has 0 heterocycles. The maximum absolute atomic E-state index is 3.75. The summed E-state index contributed by atoms with van der Waals surface area (Å²) in [6.07, 6.45) is 10.2. The van der Waals surface area contributed by atoms with Crippen molar-refractivity contribution in [3.05, 3.63) is 46.5 Å². The van der Waals surface area contributed by atoms with Crippen LogP contribution in [-0.2, 0) is 6.42 Å². The van der Waals surface area contributed by atoms with E-state index >= 15 is 0 Å². The van der Waals surface area contributed by atoms with Gasteiger partial charge in [0.15, 0.2) is 0 Å². The van der Waals surface area contributed by atoms with Crippen LogP contribution in [0.15, 0.2) is 29.8 Å². The molecule has 0 aliphatic heterocycles. The second-order valence-corrected chi connectivity index (χ2v) is 5.75. The fraction of sp³-hybridized carbons (Fsp3) is 0.529. The number of hydrogen-bond acceptors (Lipinski definition) is 1. The number of rotatable bonds is 4. The van der Waals surface area contributed by atoms with Crippen molar-refractivity contribution in [3.8, 4) is 0 Å². The number of fused-ring (bicyclic) bond motifs is 1. The summed E-state index contributed by atoms with van der Waals surface area (Å²) in [7, 11) is 0. The van der Waals surface area contributed by atoms with E-state index in [1.807, 2.05) is 0 Å². The Labute approximate surface area is 110 Å². The maximum atomic E-state index is 3.75. The molecule has 1 N–H and O–H groups in total. The van der Waals surface area contributed by atoms with E-state index in [1.54, 1.807) is 16.7 Å². The molecule has 1 atom stereocenters. The highest BCUT2D eigenvalue weighted by Crippen LogP contribution is 2.31. The molecule has 0 radical (unpaired) electrons. The number of aryl methyl sites for hydroxylation is 2. The van der Waals surface area contributed by atoms with Gasteiger partial charge in [0.25, 0.3) is 0 Å². The first-order valence-electron chi connectivity index (χ1n) is 7.33. The van der Waals surface area contributed by atoms with E-state index in [0.717, 1.165) is 6.54 Å². The van der Waals surface area contributed by atoms with Crippen LogP contribution in [0.25, 0.3) is 0 Å². The summed E-state index contributed by atoms with van der Waals surface area (Å²) < 4.78 is 0. The highest BCUT2D eigenvalue weighted by Gasteiger charge is 2.21. The zero-order chi connectivity index (χ0) is 12.4. The lowest BCUT2D eigenvalue weighted by Crippen LogP contribution is -2.20. The van der Waals surface area contributed by atoms with Crippen molar-refractivity contribution >= 4 is 0 Å². The Kier molecular flexibility index (Phi) is 3.51. The van der Waals surface area contributed by atoms with Crippen molar-refractivity contribution in [2.24, 2.45) is 0 Å². The molecule has 1 aromatic carbocycles. The molecule has 0 fully saturated rings. The van der Waals surface area contributed by atoms with Crippen LogP contribution in [0.5, 0.6) is 0 Å². The number of hydrogen-bond donors (Lipinski definition) is 1. The molecule has 0 bridgehead atoms. The predicted molar refractivity (Wildman–Crippen MR) is 76.8 cm³/mol. The van der Waals surface area contributed by atoms with Crippen molar-refractivity contribution in [1.29, 1.82) is 0 Å². The fourth-order valence-electron chi connectivity index (χ4n) is 3.31. The van der Waals surface area contributed by atoms with Crippen molar-refractivity contribution in [3.63, 3.8) is 0 Å². The van der Waals surface area contributed by atoms with Gasteiger partial charge in [-0.1, -0.05) is 35.4 Å². The summed E-state index contributed by atoms with van der Waals surface area (Å²) >= 11 is 0. The zero-order valence-electron chi connectivity index (χ0n) is 11.3. The minimum atomic E-state index is 0.599. The Morgan fingerprint density at radius 1 is 1.28 bits per heavy atom. The zero-order valence-corrected chi connectivity index (χ0v) is 11.3. The predicted octanol–water partition coefficient (Wildman–Crippen LogP) is 4.07.